The third-order valence-electron chi connectivity index (χ3n) is 15.1. The van der Waals surface area contributed by atoms with Gasteiger partial charge in [0, 0.05) is 18.7 Å². The maximum atomic E-state index is 13.7. The van der Waals surface area contributed by atoms with Gasteiger partial charge in [-0.3, -0.25) is 0 Å². The van der Waals surface area contributed by atoms with E-state index in [2.05, 4.69) is 32.1 Å². The summed E-state index contributed by atoms with van der Waals surface area (Å²) in [5.41, 5.74) is 4.85. The summed E-state index contributed by atoms with van der Waals surface area (Å²) in [6.45, 7) is 10.4. The number of carbonyl (C=O) groups excluding carboxylic acids is 2. The van der Waals surface area contributed by atoms with Gasteiger partial charge in [0.2, 0.25) is 0 Å². The molecule has 2 aliphatic heterocycles. The summed E-state index contributed by atoms with van der Waals surface area (Å²) < 4.78 is 49.4. The van der Waals surface area contributed by atoms with Gasteiger partial charge in [-0.15, -0.1) is 0 Å². The van der Waals surface area contributed by atoms with Crippen molar-refractivity contribution in [1.29, 1.82) is 0 Å². The number of piperidine rings is 1. The summed E-state index contributed by atoms with van der Waals surface area (Å²) in [7, 11) is -4.21. The molecule has 1 unspecified atom stereocenters. The normalized spacial score (nSPS) is 36.6. The summed E-state index contributed by atoms with van der Waals surface area (Å²) in [6.07, 6.45) is 10.7. The van der Waals surface area contributed by atoms with E-state index in [0.717, 1.165) is 68.9 Å². The second-order valence-corrected chi connectivity index (χ2v) is 19.7. The molecule has 0 bridgehead atoms. The fraction of sp³-hybridized carbons (Fsp3) is 0.622. The lowest BCUT2D eigenvalue weighted by Crippen LogP contribution is -2.54. The number of carbonyl (C=O) groups is 2. The highest BCUT2D eigenvalue weighted by atomic mass is 32.2. The van der Waals surface area contributed by atoms with Gasteiger partial charge in [0.05, 0.1) is 17.7 Å². The van der Waals surface area contributed by atoms with Gasteiger partial charge in [0.15, 0.2) is 0 Å². The van der Waals surface area contributed by atoms with Crippen LogP contribution in [-0.4, -0.2) is 56.0 Å². The number of allylic oxidation sites excluding steroid dienone is 1. The molecule has 0 radical (unpaired) electrons. The second-order valence-electron chi connectivity index (χ2n) is 18.3. The SMILES string of the molecule is CC1=C2C[C@H]3[C@@H](CC[C@@H]4CC(C=NS(=O)(=O)NC(=O)OCc5ccccc5)CC[C@@]43C)[C@@H]2CC[C@@]2(C1)O[C@@H]1C[C@H](C)CN(C(=O)OCc3ccccc3)[C@H]1[C@H]2C. The number of likely N-dealkylation sites (tertiary alicyclic amines) is 1. The van der Waals surface area contributed by atoms with Crippen molar-refractivity contribution < 1.29 is 32.2 Å². The predicted molar refractivity (Wildman–Crippen MR) is 215 cm³/mol. The highest BCUT2D eigenvalue weighted by Gasteiger charge is 2.61. The van der Waals surface area contributed by atoms with Crippen molar-refractivity contribution in [2.24, 2.45) is 51.2 Å². The molecule has 2 amide bonds. The van der Waals surface area contributed by atoms with Crippen LogP contribution in [0, 0.1) is 46.8 Å². The standard InChI is InChI=1S/C45H59N3O7S/c1-29-21-40-41(48(26-29)43(50)54-28-33-13-9-6-10-14-33)31(3)45(55-40)20-18-36-37-16-15-35-22-34(17-19-44(35,4)39(37)23-38(36)30(2)24-45)25-46-56(51,52)47-42(49)53-27-32-11-7-5-8-12-32/h5-14,25,29,31,34-37,39-41H,15-24,26-28H2,1-4H3,(H,47,49)/t29-,31+,34?,35+,36-,37-,39-,40+,41-,44-,45-/m0/s1. The predicted octanol–water partition coefficient (Wildman–Crippen LogP) is 9.02. The topological polar surface area (TPSA) is 124 Å². The van der Waals surface area contributed by atoms with E-state index < -0.39 is 16.3 Å². The van der Waals surface area contributed by atoms with Crippen LogP contribution in [0.2, 0.25) is 0 Å². The monoisotopic (exact) mass is 785 g/mol. The molecule has 10 nitrogen and oxygen atoms in total. The lowest BCUT2D eigenvalue weighted by molar-refractivity contribution is -0.0803. The summed E-state index contributed by atoms with van der Waals surface area (Å²) in [5.74, 6) is 2.95. The third-order valence-corrected chi connectivity index (χ3v) is 15.9. The zero-order valence-corrected chi connectivity index (χ0v) is 34.2. The van der Waals surface area contributed by atoms with E-state index in [1.807, 2.05) is 58.2 Å². The molecule has 6 aliphatic rings. The summed E-state index contributed by atoms with van der Waals surface area (Å²) in [5, 5.41) is 0. The molecule has 8 rings (SSSR count). The number of amides is 2. The Hall–Kier alpha value is -3.70. The van der Waals surface area contributed by atoms with Crippen molar-refractivity contribution in [3.8, 4) is 0 Å². The summed E-state index contributed by atoms with van der Waals surface area (Å²) >= 11 is 0. The third kappa shape index (κ3) is 7.66. The van der Waals surface area contributed by atoms with Crippen LogP contribution in [-0.2, 0) is 37.6 Å². The molecule has 5 fully saturated rings. The van der Waals surface area contributed by atoms with Crippen LogP contribution in [0.5, 0.6) is 0 Å². The molecule has 11 heteroatoms. The van der Waals surface area contributed by atoms with Gasteiger partial charge in [-0.05, 0) is 123 Å². The average molecular weight is 786 g/mol. The molecule has 1 spiro atoms. The summed E-state index contributed by atoms with van der Waals surface area (Å²) in [6, 6.07) is 19.0. The Morgan fingerprint density at radius 2 is 1.64 bits per heavy atom. The molecule has 2 saturated heterocycles. The molecule has 56 heavy (non-hydrogen) atoms. The number of benzene rings is 2. The van der Waals surface area contributed by atoms with E-state index in [0.29, 0.717) is 36.1 Å². The smallest absolute Gasteiger partial charge is 0.422 e. The lowest BCUT2D eigenvalue weighted by Gasteiger charge is -2.54. The van der Waals surface area contributed by atoms with Crippen LogP contribution < -0.4 is 4.72 Å². The number of hydrogen-bond donors (Lipinski definition) is 1. The van der Waals surface area contributed by atoms with Gasteiger partial charge in [-0.25, -0.2) is 9.59 Å². The van der Waals surface area contributed by atoms with Crippen molar-refractivity contribution in [3.05, 3.63) is 82.9 Å². The Morgan fingerprint density at radius 1 is 0.946 bits per heavy atom. The molecular formula is C45H59N3O7S. The Bertz CT molecular complexity index is 1940. The lowest BCUT2D eigenvalue weighted by atomic mass is 9.51. The largest absolute Gasteiger partial charge is 0.445 e. The van der Waals surface area contributed by atoms with Crippen molar-refractivity contribution in [2.45, 2.75) is 123 Å². The molecule has 2 heterocycles. The maximum absolute atomic E-state index is 13.7. The zero-order chi connectivity index (χ0) is 39.2. The first-order chi connectivity index (χ1) is 26.8. The molecule has 3 saturated carbocycles. The van der Waals surface area contributed by atoms with Crippen LogP contribution in [0.1, 0.15) is 103 Å². The maximum Gasteiger partial charge on any atom is 0.422 e. The Labute approximate surface area is 333 Å². The van der Waals surface area contributed by atoms with Crippen LogP contribution >= 0.6 is 0 Å². The van der Waals surface area contributed by atoms with E-state index in [-0.39, 0.29) is 54.3 Å². The first kappa shape index (κ1) is 39.1. The van der Waals surface area contributed by atoms with Crippen molar-refractivity contribution in [1.82, 2.24) is 9.62 Å². The molecule has 302 valence electrons. The fourth-order valence-electron chi connectivity index (χ4n) is 12.3. The minimum atomic E-state index is -4.21. The average Bonchev–Trinajstić information content (AvgIpc) is 3.65. The number of hydrogen-bond acceptors (Lipinski definition) is 7. The summed E-state index contributed by atoms with van der Waals surface area (Å²) in [4.78, 5) is 27.9. The van der Waals surface area contributed by atoms with Crippen molar-refractivity contribution >= 4 is 28.6 Å². The van der Waals surface area contributed by atoms with Crippen LogP contribution in [0.3, 0.4) is 0 Å². The highest BCUT2D eigenvalue weighted by molar-refractivity contribution is 7.88. The van der Waals surface area contributed by atoms with Gasteiger partial charge in [-0.1, -0.05) is 92.6 Å². The number of ether oxygens (including phenoxy) is 3. The zero-order valence-electron chi connectivity index (χ0n) is 33.4. The number of fused-ring (bicyclic) bond motifs is 6. The molecule has 11 atom stereocenters. The quantitative estimate of drug-likeness (QED) is 0.220. The van der Waals surface area contributed by atoms with Crippen molar-refractivity contribution in [2.75, 3.05) is 6.54 Å². The first-order valence-electron chi connectivity index (χ1n) is 21.0. The van der Waals surface area contributed by atoms with E-state index in [4.69, 9.17) is 14.2 Å². The van der Waals surface area contributed by atoms with E-state index in [1.165, 1.54) is 12.0 Å². The van der Waals surface area contributed by atoms with Gasteiger partial charge < -0.3 is 19.1 Å². The van der Waals surface area contributed by atoms with Crippen LogP contribution in [0.25, 0.3) is 0 Å². The fourth-order valence-corrected chi connectivity index (χ4v) is 12.9. The van der Waals surface area contributed by atoms with Crippen LogP contribution in [0.15, 0.2) is 76.2 Å². The minimum Gasteiger partial charge on any atom is -0.445 e. The minimum absolute atomic E-state index is 0.0188. The van der Waals surface area contributed by atoms with E-state index in [9.17, 15) is 18.0 Å². The van der Waals surface area contributed by atoms with Gasteiger partial charge >= 0.3 is 22.4 Å². The molecular weight excluding hydrogens is 727 g/mol. The Kier molecular flexibility index (Phi) is 10.9. The Morgan fingerprint density at radius 3 is 2.36 bits per heavy atom. The Balaban J connectivity index is 0.903. The van der Waals surface area contributed by atoms with Gasteiger partial charge in [0.25, 0.3) is 0 Å². The molecule has 1 N–H and O–H groups in total. The van der Waals surface area contributed by atoms with Crippen molar-refractivity contribution in [3.63, 3.8) is 0 Å². The molecule has 4 aliphatic carbocycles. The second kappa shape index (κ2) is 15.6. The highest BCUT2D eigenvalue weighted by Crippen LogP contribution is 2.65. The molecule has 2 aromatic rings. The van der Waals surface area contributed by atoms with Gasteiger partial charge in [-0.2, -0.15) is 17.5 Å². The van der Waals surface area contributed by atoms with Crippen LogP contribution in [0.4, 0.5) is 9.59 Å². The number of nitrogens with one attached hydrogen (secondary N) is 1. The number of rotatable bonds is 7. The number of nitrogens with zero attached hydrogens (tertiary/aromatic N) is 2. The van der Waals surface area contributed by atoms with Gasteiger partial charge in [0.1, 0.15) is 13.2 Å². The first-order valence-corrected chi connectivity index (χ1v) is 22.4. The van der Waals surface area contributed by atoms with E-state index >= 15 is 0 Å². The van der Waals surface area contributed by atoms with E-state index in [1.54, 1.807) is 23.9 Å². The molecule has 2 aromatic carbocycles. The molecule has 0 aromatic heterocycles.